The molecule has 1 unspecified atom stereocenters. The Morgan fingerprint density at radius 2 is 2.14 bits per heavy atom. The number of ether oxygens (including phenoxy) is 1. The van der Waals surface area contributed by atoms with Crippen LogP contribution in [0.5, 0.6) is 0 Å². The molecule has 1 aliphatic rings. The predicted octanol–water partition coefficient (Wildman–Crippen LogP) is 1.08. The summed E-state index contributed by atoms with van der Waals surface area (Å²) in [6.45, 7) is 3.58. The smallest absolute Gasteiger partial charge is 0.241 e. The van der Waals surface area contributed by atoms with Crippen LogP contribution < -0.4 is 10.6 Å². The van der Waals surface area contributed by atoms with Crippen molar-refractivity contribution in [2.24, 2.45) is 0 Å². The lowest BCUT2D eigenvalue weighted by Crippen LogP contribution is -2.43. The summed E-state index contributed by atoms with van der Waals surface area (Å²) >= 11 is 0. The Bertz CT molecular complexity index is 593. The molecule has 2 aromatic rings. The molecule has 21 heavy (non-hydrogen) atoms. The number of anilines is 2. The number of hydrogen-bond acceptors (Lipinski definition) is 7. The summed E-state index contributed by atoms with van der Waals surface area (Å²) in [6, 6.07) is 0. The molecule has 8 nitrogen and oxygen atoms in total. The molecule has 0 radical (unpaired) electrons. The second-order valence-electron chi connectivity index (χ2n) is 5.34. The zero-order chi connectivity index (χ0) is 14.7. The molecular weight excluding hydrogens is 270 g/mol. The van der Waals surface area contributed by atoms with Gasteiger partial charge < -0.3 is 15.4 Å². The minimum absolute atomic E-state index is 0.156. The van der Waals surface area contributed by atoms with E-state index in [0.29, 0.717) is 24.5 Å². The van der Waals surface area contributed by atoms with Crippen molar-refractivity contribution >= 4 is 11.9 Å². The van der Waals surface area contributed by atoms with Crippen LogP contribution in [0, 0.1) is 0 Å². The first-order valence-corrected chi connectivity index (χ1v) is 6.97. The van der Waals surface area contributed by atoms with Crippen LogP contribution in [0.25, 0.3) is 5.95 Å². The number of imidazole rings is 1. The van der Waals surface area contributed by atoms with E-state index < -0.39 is 0 Å². The molecule has 0 aliphatic carbocycles. The lowest BCUT2D eigenvalue weighted by molar-refractivity contribution is 0.0537. The summed E-state index contributed by atoms with van der Waals surface area (Å²) in [4.78, 5) is 17.2. The molecule has 3 heterocycles. The van der Waals surface area contributed by atoms with E-state index in [1.165, 1.54) is 0 Å². The maximum Gasteiger partial charge on any atom is 0.241 e. The van der Waals surface area contributed by atoms with E-state index in [1.54, 1.807) is 30.3 Å². The van der Waals surface area contributed by atoms with Gasteiger partial charge in [-0.05, 0) is 19.8 Å². The highest BCUT2D eigenvalue weighted by Gasteiger charge is 2.28. The molecule has 112 valence electrons. The third-order valence-electron chi connectivity index (χ3n) is 3.43. The van der Waals surface area contributed by atoms with Gasteiger partial charge in [-0.25, -0.2) is 4.98 Å². The third-order valence-corrected chi connectivity index (χ3v) is 3.43. The van der Waals surface area contributed by atoms with Crippen molar-refractivity contribution in [3.63, 3.8) is 0 Å². The number of nitrogens with one attached hydrogen (secondary N) is 2. The van der Waals surface area contributed by atoms with Crippen LogP contribution >= 0.6 is 0 Å². The zero-order valence-electron chi connectivity index (χ0n) is 12.2. The predicted molar refractivity (Wildman–Crippen MR) is 78.6 cm³/mol. The Morgan fingerprint density at radius 3 is 2.81 bits per heavy atom. The van der Waals surface area contributed by atoms with Crippen LogP contribution in [-0.2, 0) is 4.74 Å². The molecule has 2 N–H and O–H groups in total. The van der Waals surface area contributed by atoms with Crippen LogP contribution in [0.15, 0.2) is 18.7 Å². The van der Waals surface area contributed by atoms with Gasteiger partial charge in [0.05, 0.1) is 12.1 Å². The largest absolute Gasteiger partial charge is 0.379 e. The fourth-order valence-electron chi connectivity index (χ4n) is 2.33. The van der Waals surface area contributed by atoms with Gasteiger partial charge in [0, 0.05) is 26.0 Å². The van der Waals surface area contributed by atoms with E-state index >= 15 is 0 Å². The highest BCUT2D eigenvalue weighted by molar-refractivity contribution is 5.39. The molecule has 0 aromatic carbocycles. The number of nitrogens with zero attached hydrogens (tertiary/aromatic N) is 5. The molecule has 0 saturated carbocycles. The maximum atomic E-state index is 5.55. The van der Waals surface area contributed by atoms with Crippen LogP contribution in [0.1, 0.15) is 19.8 Å². The second kappa shape index (κ2) is 5.65. The summed E-state index contributed by atoms with van der Waals surface area (Å²) in [5.74, 6) is 1.57. The first-order chi connectivity index (χ1) is 10.2. The first kappa shape index (κ1) is 13.7. The standard InChI is InChI=1S/C13H19N7O/c1-13(4-3-7-21-8-13)19-11-16-10(14-2)17-12(18-11)20-6-5-15-9-20/h5-6,9H,3-4,7-8H2,1-2H3,(H2,14,16,17,18,19). The summed E-state index contributed by atoms with van der Waals surface area (Å²) in [6.07, 6.45) is 7.19. The van der Waals surface area contributed by atoms with Gasteiger partial charge in [0.1, 0.15) is 6.33 Å². The van der Waals surface area contributed by atoms with Crippen LogP contribution in [0.2, 0.25) is 0 Å². The van der Waals surface area contributed by atoms with Gasteiger partial charge in [-0.2, -0.15) is 15.0 Å². The molecule has 2 aromatic heterocycles. The average Bonchev–Trinajstić information content (AvgIpc) is 3.01. The van der Waals surface area contributed by atoms with Crippen LogP contribution in [-0.4, -0.2) is 50.3 Å². The molecule has 1 saturated heterocycles. The minimum atomic E-state index is -0.156. The van der Waals surface area contributed by atoms with E-state index in [2.05, 4.69) is 37.5 Å². The molecule has 8 heteroatoms. The zero-order valence-corrected chi connectivity index (χ0v) is 12.2. The van der Waals surface area contributed by atoms with Crippen molar-refractivity contribution in [3.8, 4) is 5.95 Å². The van der Waals surface area contributed by atoms with Gasteiger partial charge in [0.25, 0.3) is 0 Å². The number of aromatic nitrogens is 5. The van der Waals surface area contributed by atoms with E-state index in [0.717, 1.165) is 19.4 Å². The second-order valence-corrected chi connectivity index (χ2v) is 5.34. The topological polar surface area (TPSA) is 89.8 Å². The van der Waals surface area contributed by atoms with E-state index in [-0.39, 0.29) is 5.54 Å². The Kier molecular flexibility index (Phi) is 3.70. The normalized spacial score (nSPS) is 22.0. The van der Waals surface area contributed by atoms with Crippen molar-refractivity contribution in [1.82, 2.24) is 24.5 Å². The average molecular weight is 289 g/mol. The minimum Gasteiger partial charge on any atom is -0.379 e. The van der Waals surface area contributed by atoms with Gasteiger partial charge in [0.15, 0.2) is 0 Å². The first-order valence-electron chi connectivity index (χ1n) is 6.97. The third kappa shape index (κ3) is 3.10. The Balaban J connectivity index is 1.89. The van der Waals surface area contributed by atoms with Gasteiger partial charge in [-0.3, -0.25) is 4.57 Å². The van der Waals surface area contributed by atoms with Crippen molar-refractivity contribution in [2.75, 3.05) is 30.9 Å². The Labute approximate surface area is 123 Å². The van der Waals surface area contributed by atoms with Crippen molar-refractivity contribution in [3.05, 3.63) is 18.7 Å². The fourth-order valence-corrected chi connectivity index (χ4v) is 2.33. The molecule has 1 atom stereocenters. The van der Waals surface area contributed by atoms with Gasteiger partial charge >= 0.3 is 0 Å². The molecule has 1 fully saturated rings. The molecule has 0 spiro atoms. The summed E-state index contributed by atoms with van der Waals surface area (Å²) in [5.41, 5.74) is -0.156. The van der Waals surface area contributed by atoms with Crippen molar-refractivity contribution < 1.29 is 4.74 Å². The van der Waals surface area contributed by atoms with Crippen molar-refractivity contribution in [1.29, 1.82) is 0 Å². The van der Waals surface area contributed by atoms with Gasteiger partial charge in [-0.15, -0.1) is 0 Å². The Morgan fingerprint density at radius 1 is 1.29 bits per heavy atom. The van der Waals surface area contributed by atoms with Crippen molar-refractivity contribution in [2.45, 2.75) is 25.3 Å². The quantitative estimate of drug-likeness (QED) is 0.870. The maximum absolute atomic E-state index is 5.55. The van der Waals surface area contributed by atoms with E-state index in [4.69, 9.17) is 4.74 Å². The number of hydrogen-bond donors (Lipinski definition) is 2. The summed E-state index contributed by atoms with van der Waals surface area (Å²) < 4.78 is 7.30. The van der Waals surface area contributed by atoms with Crippen LogP contribution in [0.3, 0.4) is 0 Å². The van der Waals surface area contributed by atoms with E-state index in [9.17, 15) is 0 Å². The molecule has 0 bridgehead atoms. The lowest BCUT2D eigenvalue weighted by Gasteiger charge is -2.34. The lowest BCUT2D eigenvalue weighted by atomic mass is 9.95. The SMILES string of the molecule is CNc1nc(NC2(C)CCCOC2)nc(-n2ccnc2)n1. The van der Waals surface area contributed by atoms with Gasteiger partial charge in [0.2, 0.25) is 17.8 Å². The van der Waals surface area contributed by atoms with Gasteiger partial charge in [-0.1, -0.05) is 0 Å². The van der Waals surface area contributed by atoms with E-state index in [1.807, 2.05) is 0 Å². The molecule has 1 aliphatic heterocycles. The van der Waals surface area contributed by atoms with Crippen LogP contribution in [0.4, 0.5) is 11.9 Å². The Hall–Kier alpha value is -2.22. The molecular formula is C13H19N7O. The molecule has 3 rings (SSSR count). The summed E-state index contributed by atoms with van der Waals surface area (Å²) in [7, 11) is 1.78. The summed E-state index contributed by atoms with van der Waals surface area (Å²) in [5, 5.41) is 6.33. The fraction of sp³-hybridized carbons (Fsp3) is 0.538. The highest BCUT2D eigenvalue weighted by atomic mass is 16.5. The highest BCUT2D eigenvalue weighted by Crippen LogP contribution is 2.23. The molecule has 0 amide bonds. The monoisotopic (exact) mass is 289 g/mol. The number of rotatable bonds is 4.